The summed E-state index contributed by atoms with van der Waals surface area (Å²) < 4.78 is 0. The summed E-state index contributed by atoms with van der Waals surface area (Å²) in [6.07, 6.45) is 12.3. The van der Waals surface area contributed by atoms with Crippen molar-refractivity contribution in [2.45, 2.75) is 88.9 Å². The van der Waals surface area contributed by atoms with E-state index in [1.807, 2.05) is 11.3 Å². The molecule has 2 atom stereocenters. The van der Waals surface area contributed by atoms with Crippen LogP contribution in [0.3, 0.4) is 0 Å². The van der Waals surface area contributed by atoms with Gasteiger partial charge in [-0.15, -0.1) is 11.3 Å². The molecule has 1 amide bonds. The van der Waals surface area contributed by atoms with E-state index in [0.29, 0.717) is 30.0 Å². The Balaban J connectivity index is 1.36. The lowest BCUT2D eigenvalue weighted by atomic mass is 9.81. The van der Waals surface area contributed by atoms with Crippen LogP contribution in [0.4, 0.5) is 0 Å². The number of hydrogen-bond donors (Lipinski definition) is 1. The van der Waals surface area contributed by atoms with Crippen LogP contribution in [-0.4, -0.2) is 28.9 Å². The maximum atomic E-state index is 12.6. The minimum atomic E-state index is 0.294. The topological polar surface area (TPSA) is 32.3 Å². The second kappa shape index (κ2) is 7.57. The van der Waals surface area contributed by atoms with E-state index in [1.54, 1.807) is 0 Å². The number of carbonyl (C=O) groups excluding carboxylic acids is 1. The third-order valence-corrected chi connectivity index (χ3v) is 7.23. The highest BCUT2D eigenvalue weighted by atomic mass is 32.1. The molecule has 3 heterocycles. The second-order valence-electron chi connectivity index (χ2n) is 8.00. The van der Waals surface area contributed by atoms with Crippen molar-refractivity contribution in [1.82, 2.24) is 10.2 Å². The molecule has 0 radical (unpaired) electrons. The van der Waals surface area contributed by atoms with Gasteiger partial charge in [0.25, 0.3) is 0 Å². The van der Waals surface area contributed by atoms with Gasteiger partial charge in [-0.3, -0.25) is 9.69 Å². The zero-order chi connectivity index (χ0) is 16.4. The lowest BCUT2D eigenvalue weighted by Gasteiger charge is -2.49. The van der Waals surface area contributed by atoms with Crippen molar-refractivity contribution in [3.05, 3.63) is 22.4 Å². The van der Waals surface area contributed by atoms with Crippen molar-refractivity contribution in [2.24, 2.45) is 5.92 Å². The van der Waals surface area contributed by atoms with Gasteiger partial charge in [0.1, 0.15) is 0 Å². The van der Waals surface area contributed by atoms with Crippen LogP contribution in [-0.2, 0) is 11.3 Å². The van der Waals surface area contributed by atoms with Crippen LogP contribution in [0.1, 0.15) is 69.1 Å². The number of thiophene rings is 1. The lowest BCUT2D eigenvalue weighted by molar-refractivity contribution is -0.127. The molecule has 1 aromatic heterocycles. The number of fused-ring (bicyclic) bond motifs is 2. The molecule has 3 fully saturated rings. The summed E-state index contributed by atoms with van der Waals surface area (Å²) in [6.45, 7) is 1.11. The monoisotopic (exact) mass is 346 g/mol. The molecule has 2 unspecified atom stereocenters. The standard InChI is InChI=1S/C20H30N2OS/c23-20(15-6-2-1-3-7-15)21-16-12-17-8-4-9-18(13-16)22(17)14-19-10-5-11-24-19/h5,10-11,15-18H,1-4,6-9,12-14H2,(H,21,23). The molecule has 3 nitrogen and oxygen atoms in total. The largest absolute Gasteiger partial charge is 0.353 e. The molecule has 1 aromatic rings. The predicted molar refractivity (Wildman–Crippen MR) is 99.0 cm³/mol. The van der Waals surface area contributed by atoms with Gasteiger partial charge in [-0.2, -0.15) is 0 Å². The first kappa shape index (κ1) is 16.6. The first-order valence-corrected chi connectivity index (χ1v) is 10.8. The fourth-order valence-corrected chi connectivity index (χ4v) is 5.83. The molecule has 2 bridgehead atoms. The highest BCUT2D eigenvalue weighted by Gasteiger charge is 2.39. The van der Waals surface area contributed by atoms with Crippen LogP contribution in [0.5, 0.6) is 0 Å². The van der Waals surface area contributed by atoms with E-state index in [1.165, 1.54) is 43.4 Å². The number of nitrogens with one attached hydrogen (secondary N) is 1. The Kier molecular flexibility index (Phi) is 5.23. The minimum absolute atomic E-state index is 0.294. The first-order valence-electron chi connectivity index (χ1n) is 9.88. The Morgan fingerprint density at radius 2 is 1.83 bits per heavy atom. The van der Waals surface area contributed by atoms with E-state index < -0.39 is 0 Å². The van der Waals surface area contributed by atoms with Crippen LogP contribution in [0.25, 0.3) is 0 Å². The van der Waals surface area contributed by atoms with Crippen LogP contribution in [0, 0.1) is 5.92 Å². The number of carbonyl (C=O) groups is 1. The van der Waals surface area contributed by atoms with E-state index in [-0.39, 0.29) is 0 Å². The fourth-order valence-electron chi connectivity index (χ4n) is 5.12. The predicted octanol–water partition coefficient (Wildman–Crippen LogP) is 4.33. The highest BCUT2D eigenvalue weighted by molar-refractivity contribution is 7.09. The van der Waals surface area contributed by atoms with E-state index in [0.717, 1.165) is 32.2 Å². The van der Waals surface area contributed by atoms with Gasteiger partial charge in [0.05, 0.1) is 0 Å². The summed E-state index contributed by atoms with van der Waals surface area (Å²) in [5, 5.41) is 5.62. The molecule has 3 aliphatic rings. The van der Waals surface area contributed by atoms with Crippen molar-refractivity contribution < 1.29 is 4.79 Å². The van der Waals surface area contributed by atoms with Crippen molar-refractivity contribution in [3.8, 4) is 0 Å². The molecule has 2 aliphatic heterocycles. The van der Waals surface area contributed by atoms with Gasteiger partial charge in [0, 0.05) is 35.5 Å². The zero-order valence-electron chi connectivity index (χ0n) is 14.6. The van der Waals surface area contributed by atoms with Crippen LogP contribution in [0.15, 0.2) is 17.5 Å². The molecule has 0 aromatic carbocycles. The average Bonchev–Trinajstić information content (AvgIpc) is 3.09. The molecular weight excluding hydrogens is 316 g/mol. The molecule has 132 valence electrons. The van der Waals surface area contributed by atoms with Gasteiger partial charge in [-0.05, 0) is 50.0 Å². The Bertz CT molecular complexity index is 524. The number of piperidine rings is 2. The molecule has 1 N–H and O–H groups in total. The smallest absolute Gasteiger partial charge is 0.223 e. The quantitative estimate of drug-likeness (QED) is 0.880. The molecule has 1 saturated carbocycles. The fraction of sp³-hybridized carbons (Fsp3) is 0.750. The number of hydrogen-bond acceptors (Lipinski definition) is 3. The number of amides is 1. The molecular formula is C20H30N2OS. The van der Waals surface area contributed by atoms with E-state index in [2.05, 4.69) is 27.7 Å². The van der Waals surface area contributed by atoms with Crippen molar-refractivity contribution >= 4 is 17.2 Å². The third-order valence-electron chi connectivity index (χ3n) is 6.37. The van der Waals surface area contributed by atoms with E-state index in [9.17, 15) is 4.79 Å². The molecule has 2 saturated heterocycles. The first-order chi connectivity index (χ1) is 11.8. The Morgan fingerprint density at radius 3 is 2.50 bits per heavy atom. The van der Waals surface area contributed by atoms with Crippen LogP contribution in [0.2, 0.25) is 0 Å². The summed E-state index contributed by atoms with van der Waals surface area (Å²) >= 11 is 1.87. The second-order valence-corrected chi connectivity index (χ2v) is 9.03. The van der Waals surface area contributed by atoms with Gasteiger partial charge in [0.2, 0.25) is 5.91 Å². The molecule has 0 spiro atoms. The van der Waals surface area contributed by atoms with Gasteiger partial charge in [-0.1, -0.05) is 31.7 Å². The van der Waals surface area contributed by atoms with Crippen molar-refractivity contribution in [1.29, 1.82) is 0 Å². The average molecular weight is 347 g/mol. The maximum Gasteiger partial charge on any atom is 0.223 e. The summed E-state index contributed by atoms with van der Waals surface area (Å²) in [5.41, 5.74) is 0. The normalized spacial score (nSPS) is 31.8. The Morgan fingerprint density at radius 1 is 1.08 bits per heavy atom. The minimum Gasteiger partial charge on any atom is -0.353 e. The number of rotatable bonds is 4. The van der Waals surface area contributed by atoms with Gasteiger partial charge >= 0.3 is 0 Å². The lowest BCUT2D eigenvalue weighted by Crippen LogP contribution is -2.56. The Hall–Kier alpha value is -0.870. The van der Waals surface area contributed by atoms with E-state index >= 15 is 0 Å². The molecule has 24 heavy (non-hydrogen) atoms. The van der Waals surface area contributed by atoms with Crippen LogP contribution >= 0.6 is 11.3 Å². The SMILES string of the molecule is O=C(NC1CC2CCCC(C1)N2Cc1cccs1)C1CCCCC1. The molecule has 4 heteroatoms. The van der Waals surface area contributed by atoms with Crippen molar-refractivity contribution in [3.63, 3.8) is 0 Å². The summed E-state index contributed by atoms with van der Waals surface area (Å²) in [5.74, 6) is 0.646. The highest BCUT2D eigenvalue weighted by Crippen LogP contribution is 2.36. The summed E-state index contributed by atoms with van der Waals surface area (Å²) in [4.78, 5) is 16.8. The maximum absolute atomic E-state index is 12.6. The summed E-state index contributed by atoms with van der Waals surface area (Å²) in [7, 11) is 0. The summed E-state index contributed by atoms with van der Waals surface area (Å²) in [6, 6.07) is 6.16. The van der Waals surface area contributed by atoms with E-state index in [4.69, 9.17) is 0 Å². The van der Waals surface area contributed by atoms with Gasteiger partial charge < -0.3 is 5.32 Å². The molecule has 1 aliphatic carbocycles. The zero-order valence-corrected chi connectivity index (χ0v) is 15.4. The Labute approximate surface area is 149 Å². The van der Waals surface area contributed by atoms with Gasteiger partial charge in [0.15, 0.2) is 0 Å². The van der Waals surface area contributed by atoms with Crippen LogP contribution < -0.4 is 5.32 Å². The molecule has 4 rings (SSSR count). The van der Waals surface area contributed by atoms with Crippen molar-refractivity contribution in [2.75, 3.05) is 0 Å². The van der Waals surface area contributed by atoms with Gasteiger partial charge in [-0.25, -0.2) is 0 Å². The number of nitrogens with zero attached hydrogens (tertiary/aromatic N) is 1. The third kappa shape index (κ3) is 3.70.